The van der Waals surface area contributed by atoms with Gasteiger partial charge in [-0.25, -0.2) is 4.79 Å². The number of rotatable bonds is 7. The molecule has 1 aliphatic heterocycles. The lowest BCUT2D eigenvalue weighted by Gasteiger charge is -2.33. The van der Waals surface area contributed by atoms with Crippen molar-refractivity contribution in [3.8, 4) is 5.75 Å². The second-order valence-corrected chi connectivity index (χ2v) is 6.76. The normalized spacial score (nSPS) is 15.7. The van der Waals surface area contributed by atoms with Crippen LogP contribution in [0, 0.1) is 0 Å². The Morgan fingerprint density at radius 1 is 1.24 bits per heavy atom. The highest BCUT2D eigenvalue weighted by molar-refractivity contribution is 6.06. The molecule has 1 aliphatic rings. The van der Waals surface area contributed by atoms with Gasteiger partial charge < -0.3 is 20.1 Å². The minimum absolute atomic E-state index is 0.00918. The third-order valence-corrected chi connectivity index (χ3v) is 4.99. The first kappa shape index (κ1) is 20.7. The van der Waals surface area contributed by atoms with Gasteiger partial charge in [-0.15, -0.1) is 0 Å². The second kappa shape index (κ2) is 9.44. The molecule has 1 saturated heterocycles. The Kier molecular flexibility index (Phi) is 6.73. The molecule has 9 nitrogen and oxygen atoms in total. The van der Waals surface area contributed by atoms with Gasteiger partial charge in [0, 0.05) is 50.3 Å². The lowest BCUT2D eigenvalue weighted by Crippen LogP contribution is -2.46. The molecule has 3 rings (SSSR count). The predicted octanol–water partition coefficient (Wildman–Crippen LogP) is 1.47. The number of nitrogens with one attached hydrogen (secondary N) is 1. The maximum atomic E-state index is 12.4. The Morgan fingerprint density at radius 3 is 2.62 bits per heavy atom. The molecular formula is C20H25N5O4. The number of carboxylic acids is 1. The fourth-order valence-corrected chi connectivity index (χ4v) is 3.29. The van der Waals surface area contributed by atoms with Gasteiger partial charge in [-0.2, -0.15) is 10.2 Å². The molecule has 2 heterocycles. The third kappa shape index (κ3) is 5.07. The van der Waals surface area contributed by atoms with Crippen molar-refractivity contribution < 1.29 is 19.4 Å². The van der Waals surface area contributed by atoms with Gasteiger partial charge in [-0.1, -0.05) is 13.0 Å². The smallest absolute Gasteiger partial charge is 0.338 e. The maximum absolute atomic E-state index is 12.4. The van der Waals surface area contributed by atoms with Crippen LogP contribution < -0.4 is 10.1 Å². The zero-order valence-corrected chi connectivity index (χ0v) is 16.6. The molecule has 9 heteroatoms. The van der Waals surface area contributed by atoms with E-state index in [2.05, 4.69) is 32.2 Å². The zero-order valence-electron chi connectivity index (χ0n) is 16.6. The number of anilines is 1. The van der Waals surface area contributed by atoms with Crippen molar-refractivity contribution in [2.24, 2.45) is 0 Å². The van der Waals surface area contributed by atoms with E-state index in [1.807, 2.05) is 6.08 Å². The number of carbonyl (C=O) groups is 2. The van der Waals surface area contributed by atoms with Crippen LogP contribution in [-0.4, -0.2) is 83.4 Å². The average molecular weight is 399 g/mol. The summed E-state index contributed by atoms with van der Waals surface area (Å²) in [5, 5.41) is 20.1. The summed E-state index contributed by atoms with van der Waals surface area (Å²) >= 11 is 0. The van der Waals surface area contributed by atoms with Crippen LogP contribution in [0.1, 0.15) is 17.3 Å². The van der Waals surface area contributed by atoms with Gasteiger partial charge in [-0.3, -0.25) is 9.69 Å². The first-order valence-corrected chi connectivity index (χ1v) is 9.50. The SMILES string of the molecule is CCN1CCN(C/C=C/C(=O)Nc2cc3c(C(=O)O)cnnc3cc2OC)CC1. The molecule has 0 unspecified atom stereocenters. The van der Waals surface area contributed by atoms with E-state index in [0.29, 0.717) is 28.9 Å². The van der Waals surface area contributed by atoms with E-state index < -0.39 is 5.97 Å². The minimum atomic E-state index is -1.12. The Labute approximate surface area is 169 Å². The molecule has 0 radical (unpaired) electrons. The van der Waals surface area contributed by atoms with Crippen molar-refractivity contribution in [2.75, 3.05) is 51.7 Å². The number of fused-ring (bicyclic) bond motifs is 1. The fourth-order valence-electron chi connectivity index (χ4n) is 3.29. The largest absolute Gasteiger partial charge is 0.494 e. The highest BCUT2D eigenvalue weighted by atomic mass is 16.5. The van der Waals surface area contributed by atoms with Crippen LogP contribution in [0.25, 0.3) is 10.9 Å². The summed E-state index contributed by atoms with van der Waals surface area (Å²) in [5.41, 5.74) is 0.762. The van der Waals surface area contributed by atoms with Gasteiger partial charge in [0.1, 0.15) is 5.75 Å². The number of aromatic nitrogens is 2. The van der Waals surface area contributed by atoms with Crippen molar-refractivity contribution in [3.63, 3.8) is 0 Å². The second-order valence-electron chi connectivity index (χ2n) is 6.76. The molecule has 1 amide bonds. The molecule has 154 valence electrons. The summed E-state index contributed by atoms with van der Waals surface area (Å²) in [4.78, 5) is 28.5. The number of piperazine rings is 1. The lowest BCUT2D eigenvalue weighted by molar-refractivity contribution is -0.111. The van der Waals surface area contributed by atoms with Crippen LogP contribution in [0.2, 0.25) is 0 Å². The van der Waals surface area contributed by atoms with Crippen molar-refractivity contribution in [1.29, 1.82) is 0 Å². The molecule has 0 saturated carbocycles. The molecular weight excluding hydrogens is 374 g/mol. The molecule has 2 N–H and O–H groups in total. The predicted molar refractivity (Wildman–Crippen MR) is 109 cm³/mol. The van der Waals surface area contributed by atoms with Gasteiger partial charge in [0.2, 0.25) is 5.91 Å². The minimum Gasteiger partial charge on any atom is -0.494 e. The number of likely N-dealkylation sites (N-methyl/N-ethyl adjacent to an activating group) is 1. The number of hydrogen-bond acceptors (Lipinski definition) is 7. The van der Waals surface area contributed by atoms with E-state index in [4.69, 9.17) is 4.74 Å². The van der Waals surface area contributed by atoms with Crippen LogP contribution in [0.15, 0.2) is 30.5 Å². The third-order valence-electron chi connectivity index (χ3n) is 4.99. The molecule has 0 aliphatic carbocycles. The number of methoxy groups -OCH3 is 1. The Morgan fingerprint density at radius 2 is 1.97 bits per heavy atom. The highest BCUT2D eigenvalue weighted by Crippen LogP contribution is 2.30. The van der Waals surface area contributed by atoms with Crippen molar-refractivity contribution >= 4 is 28.5 Å². The number of benzene rings is 1. The molecule has 1 aromatic carbocycles. The highest BCUT2D eigenvalue weighted by Gasteiger charge is 2.16. The molecule has 2 aromatic rings. The van der Waals surface area contributed by atoms with Gasteiger partial charge in [0.25, 0.3) is 0 Å². The molecule has 0 atom stereocenters. The maximum Gasteiger partial charge on any atom is 0.338 e. The standard InChI is InChI=1S/C20H25N5O4/c1-3-24-7-9-25(10-8-24)6-4-5-19(26)22-17-11-14-15(20(27)28)13-21-23-16(14)12-18(17)29-2/h4-5,11-13H,3,6-10H2,1-2H3,(H,22,26)(H,27,28)/b5-4+. The summed E-state index contributed by atoms with van der Waals surface area (Å²) < 4.78 is 5.31. The Hall–Kier alpha value is -3.04. The summed E-state index contributed by atoms with van der Waals surface area (Å²) in [6, 6.07) is 3.10. The monoisotopic (exact) mass is 399 g/mol. The summed E-state index contributed by atoms with van der Waals surface area (Å²) in [6.07, 6.45) is 4.50. The van der Waals surface area contributed by atoms with E-state index in [0.717, 1.165) is 32.7 Å². The number of carbonyl (C=O) groups excluding carboxylic acids is 1. The number of ether oxygens (including phenoxy) is 1. The first-order valence-electron chi connectivity index (χ1n) is 9.50. The van der Waals surface area contributed by atoms with E-state index in [1.165, 1.54) is 19.4 Å². The van der Waals surface area contributed by atoms with Crippen molar-refractivity contribution in [3.05, 3.63) is 36.0 Å². The number of hydrogen-bond donors (Lipinski definition) is 2. The fraction of sp³-hybridized carbons (Fsp3) is 0.400. The zero-order chi connectivity index (χ0) is 20.8. The topological polar surface area (TPSA) is 108 Å². The number of nitrogens with zero attached hydrogens (tertiary/aromatic N) is 4. The lowest BCUT2D eigenvalue weighted by atomic mass is 10.1. The van der Waals surface area contributed by atoms with Crippen molar-refractivity contribution in [1.82, 2.24) is 20.0 Å². The molecule has 0 bridgehead atoms. The van der Waals surface area contributed by atoms with E-state index >= 15 is 0 Å². The van der Waals surface area contributed by atoms with E-state index in [1.54, 1.807) is 12.1 Å². The van der Waals surface area contributed by atoms with Crippen LogP contribution in [0.3, 0.4) is 0 Å². The van der Waals surface area contributed by atoms with Gasteiger partial charge in [0.15, 0.2) is 0 Å². The van der Waals surface area contributed by atoms with Crippen LogP contribution >= 0.6 is 0 Å². The number of amides is 1. The van der Waals surface area contributed by atoms with E-state index in [-0.39, 0.29) is 11.5 Å². The molecule has 1 aromatic heterocycles. The van der Waals surface area contributed by atoms with E-state index in [9.17, 15) is 14.7 Å². The summed E-state index contributed by atoms with van der Waals surface area (Å²) in [6.45, 7) is 7.98. The number of aromatic carboxylic acids is 1. The summed E-state index contributed by atoms with van der Waals surface area (Å²) in [5.74, 6) is -1.05. The Bertz CT molecular complexity index is 922. The molecule has 0 spiro atoms. The Balaban J connectivity index is 1.69. The van der Waals surface area contributed by atoms with Gasteiger partial charge >= 0.3 is 5.97 Å². The quantitative estimate of drug-likeness (QED) is 0.674. The molecule has 1 fully saturated rings. The van der Waals surface area contributed by atoms with Gasteiger partial charge in [0.05, 0.1) is 30.1 Å². The van der Waals surface area contributed by atoms with Crippen molar-refractivity contribution in [2.45, 2.75) is 6.92 Å². The van der Waals surface area contributed by atoms with Crippen LogP contribution in [-0.2, 0) is 4.79 Å². The van der Waals surface area contributed by atoms with Crippen LogP contribution in [0.5, 0.6) is 5.75 Å². The first-order chi connectivity index (χ1) is 14.0. The number of carboxylic acid groups (broad SMARTS) is 1. The van der Waals surface area contributed by atoms with Gasteiger partial charge in [-0.05, 0) is 12.6 Å². The van der Waals surface area contributed by atoms with Crippen LogP contribution in [0.4, 0.5) is 5.69 Å². The molecule has 29 heavy (non-hydrogen) atoms. The summed E-state index contributed by atoms with van der Waals surface area (Å²) in [7, 11) is 1.47. The average Bonchev–Trinajstić information content (AvgIpc) is 2.73.